The van der Waals surface area contributed by atoms with Crippen molar-refractivity contribution in [3.05, 3.63) is 59.4 Å². The molecule has 0 bridgehead atoms. The van der Waals surface area contributed by atoms with Gasteiger partial charge in [0, 0.05) is 12.1 Å². The van der Waals surface area contributed by atoms with Gasteiger partial charge in [-0.3, -0.25) is 4.55 Å². The molecule has 0 spiro atoms. The van der Waals surface area contributed by atoms with E-state index in [1.807, 2.05) is 24.3 Å². The van der Waals surface area contributed by atoms with Crippen LogP contribution in [0, 0.1) is 11.7 Å². The van der Waals surface area contributed by atoms with Gasteiger partial charge in [0.1, 0.15) is 5.82 Å². The SMILES string of the molecule is COc1c(OOS(=O)O)cccc1C(C)C1CCN(CCc2ccc(F)cc2)CC1. The van der Waals surface area contributed by atoms with Gasteiger partial charge in [-0.1, -0.05) is 35.5 Å². The third kappa shape index (κ3) is 6.01. The van der Waals surface area contributed by atoms with Crippen molar-refractivity contribution in [2.24, 2.45) is 5.92 Å². The largest absolute Gasteiger partial charge is 0.492 e. The molecule has 8 heteroatoms. The molecular formula is C22H28FNO5S. The Morgan fingerprint density at radius 2 is 1.90 bits per heavy atom. The number of hydrogen-bond donors (Lipinski definition) is 1. The number of piperidine rings is 1. The maximum atomic E-state index is 13.0. The van der Waals surface area contributed by atoms with E-state index in [-0.39, 0.29) is 17.5 Å². The van der Waals surface area contributed by atoms with E-state index in [1.54, 1.807) is 13.2 Å². The standard InChI is InChI=1S/C22H28FNO5S/c1-16(20-4-3-5-21(22(20)27-2)28-29-30(25)26)18-11-14-24(15-12-18)13-10-17-6-8-19(23)9-7-17/h3-9,16,18H,10-15H2,1-2H3,(H,25,26). The van der Waals surface area contributed by atoms with Crippen LogP contribution in [0.25, 0.3) is 0 Å². The Morgan fingerprint density at radius 3 is 2.53 bits per heavy atom. The van der Waals surface area contributed by atoms with Crippen LogP contribution in [0.4, 0.5) is 4.39 Å². The van der Waals surface area contributed by atoms with Crippen molar-refractivity contribution in [1.29, 1.82) is 0 Å². The maximum absolute atomic E-state index is 13.0. The fourth-order valence-electron chi connectivity index (χ4n) is 4.11. The summed E-state index contributed by atoms with van der Waals surface area (Å²) in [5, 5.41) is 0. The molecule has 0 aromatic heterocycles. The third-order valence-corrected chi connectivity index (χ3v) is 6.04. The van der Waals surface area contributed by atoms with Gasteiger partial charge >= 0.3 is 11.4 Å². The average molecular weight is 438 g/mol. The molecule has 1 aliphatic rings. The van der Waals surface area contributed by atoms with Gasteiger partial charge in [0.05, 0.1) is 7.11 Å². The van der Waals surface area contributed by atoms with E-state index in [1.165, 1.54) is 12.1 Å². The summed E-state index contributed by atoms with van der Waals surface area (Å²) in [4.78, 5) is 7.41. The summed E-state index contributed by atoms with van der Waals surface area (Å²) in [6.07, 6.45) is 3.05. The third-order valence-electron chi connectivity index (χ3n) is 5.86. The minimum absolute atomic E-state index is 0.199. The number of nitrogens with zero attached hydrogens (tertiary/aromatic N) is 1. The lowest BCUT2D eigenvalue weighted by Crippen LogP contribution is -2.36. The first-order valence-electron chi connectivity index (χ1n) is 10.1. The molecule has 6 nitrogen and oxygen atoms in total. The molecule has 0 saturated carbocycles. The van der Waals surface area contributed by atoms with Gasteiger partial charge in [0.2, 0.25) is 5.75 Å². The van der Waals surface area contributed by atoms with Crippen LogP contribution in [0.15, 0.2) is 42.5 Å². The molecule has 0 radical (unpaired) electrons. The Balaban J connectivity index is 1.56. The zero-order chi connectivity index (χ0) is 21.5. The highest BCUT2D eigenvalue weighted by Gasteiger charge is 2.27. The van der Waals surface area contributed by atoms with Crippen molar-refractivity contribution in [2.75, 3.05) is 26.7 Å². The fraction of sp³-hybridized carbons (Fsp3) is 0.455. The van der Waals surface area contributed by atoms with Gasteiger partial charge in [0.15, 0.2) is 5.75 Å². The van der Waals surface area contributed by atoms with E-state index in [0.29, 0.717) is 11.7 Å². The van der Waals surface area contributed by atoms with Crippen LogP contribution in [0.3, 0.4) is 0 Å². The molecule has 2 aromatic rings. The summed E-state index contributed by atoms with van der Waals surface area (Å²) >= 11 is -2.52. The minimum Gasteiger partial charge on any atom is -0.492 e. The number of benzene rings is 2. The van der Waals surface area contributed by atoms with E-state index in [4.69, 9.17) is 14.2 Å². The Bertz CT molecular complexity index is 840. The van der Waals surface area contributed by atoms with Crippen molar-refractivity contribution in [1.82, 2.24) is 4.90 Å². The molecule has 2 aromatic carbocycles. The maximum Gasteiger partial charge on any atom is 0.340 e. The van der Waals surface area contributed by atoms with E-state index in [0.717, 1.165) is 50.0 Å². The van der Waals surface area contributed by atoms with Crippen molar-refractivity contribution in [3.8, 4) is 11.5 Å². The van der Waals surface area contributed by atoms with Crippen LogP contribution in [-0.2, 0) is 22.1 Å². The lowest BCUT2D eigenvalue weighted by Gasteiger charge is -2.35. The van der Waals surface area contributed by atoms with Crippen molar-refractivity contribution >= 4 is 11.4 Å². The number of para-hydroxylation sites is 1. The van der Waals surface area contributed by atoms with E-state index in [2.05, 4.69) is 16.2 Å². The van der Waals surface area contributed by atoms with Crippen molar-refractivity contribution < 1.29 is 27.1 Å². The molecule has 30 heavy (non-hydrogen) atoms. The topological polar surface area (TPSA) is 68.2 Å². The monoisotopic (exact) mass is 437 g/mol. The summed E-state index contributed by atoms with van der Waals surface area (Å²) in [5.74, 6) is 1.33. The second-order valence-electron chi connectivity index (χ2n) is 7.59. The lowest BCUT2D eigenvalue weighted by molar-refractivity contribution is -0.0956. The zero-order valence-electron chi connectivity index (χ0n) is 17.3. The summed E-state index contributed by atoms with van der Waals surface area (Å²) in [5.41, 5.74) is 2.14. The van der Waals surface area contributed by atoms with Gasteiger partial charge in [-0.2, -0.15) is 4.21 Å². The van der Waals surface area contributed by atoms with Crippen LogP contribution in [0.2, 0.25) is 0 Å². The molecule has 2 atom stereocenters. The van der Waals surface area contributed by atoms with Gasteiger partial charge in [-0.15, -0.1) is 0 Å². The molecular weight excluding hydrogens is 409 g/mol. The van der Waals surface area contributed by atoms with E-state index in [9.17, 15) is 8.60 Å². The molecule has 2 unspecified atom stereocenters. The normalized spacial score (nSPS) is 17.5. The molecule has 0 aliphatic carbocycles. The molecule has 0 amide bonds. The van der Waals surface area contributed by atoms with Gasteiger partial charge in [-0.05, 0) is 68.0 Å². The summed E-state index contributed by atoms with van der Waals surface area (Å²) in [7, 11) is 1.55. The van der Waals surface area contributed by atoms with Crippen LogP contribution in [-0.4, -0.2) is 40.4 Å². The van der Waals surface area contributed by atoms with Crippen LogP contribution < -0.4 is 9.62 Å². The number of hydrogen-bond acceptors (Lipinski definition) is 5. The van der Waals surface area contributed by atoms with Gasteiger partial charge in [0.25, 0.3) is 0 Å². The first-order chi connectivity index (χ1) is 14.5. The molecule has 1 heterocycles. The zero-order valence-corrected chi connectivity index (χ0v) is 18.1. The highest BCUT2D eigenvalue weighted by atomic mass is 32.2. The number of halogens is 1. The van der Waals surface area contributed by atoms with E-state index >= 15 is 0 Å². The molecule has 3 rings (SSSR count). The van der Waals surface area contributed by atoms with Crippen molar-refractivity contribution in [3.63, 3.8) is 0 Å². The fourth-order valence-corrected chi connectivity index (χ4v) is 4.24. The molecule has 1 saturated heterocycles. The smallest absolute Gasteiger partial charge is 0.340 e. The summed E-state index contributed by atoms with van der Waals surface area (Å²) in [6, 6.07) is 12.2. The Kier molecular flexibility index (Phi) is 8.21. The minimum atomic E-state index is -2.52. The Labute approximate surface area is 179 Å². The molecule has 1 fully saturated rings. The molecule has 1 aliphatic heterocycles. The number of ether oxygens (including phenoxy) is 1. The Hall–Kier alpha value is -2.00. The van der Waals surface area contributed by atoms with Gasteiger partial charge in [-0.25, -0.2) is 4.39 Å². The highest BCUT2D eigenvalue weighted by molar-refractivity contribution is 7.74. The molecule has 164 valence electrons. The predicted molar refractivity (Wildman–Crippen MR) is 113 cm³/mol. The van der Waals surface area contributed by atoms with Crippen LogP contribution in [0.5, 0.6) is 11.5 Å². The van der Waals surface area contributed by atoms with Crippen molar-refractivity contribution in [2.45, 2.75) is 32.1 Å². The summed E-state index contributed by atoms with van der Waals surface area (Å²) < 4.78 is 42.4. The Morgan fingerprint density at radius 1 is 1.20 bits per heavy atom. The van der Waals surface area contributed by atoms with Crippen LogP contribution in [0.1, 0.15) is 36.8 Å². The van der Waals surface area contributed by atoms with Crippen LogP contribution >= 0.6 is 0 Å². The highest BCUT2D eigenvalue weighted by Crippen LogP contribution is 2.41. The second kappa shape index (κ2) is 10.9. The average Bonchev–Trinajstić information content (AvgIpc) is 2.76. The number of rotatable bonds is 9. The first-order valence-corrected chi connectivity index (χ1v) is 11.1. The molecule has 1 N–H and O–H groups in total. The lowest BCUT2D eigenvalue weighted by atomic mass is 9.81. The summed E-state index contributed by atoms with van der Waals surface area (Å²) in [6.45, 7) is 5.17. The number of likely N-dealkylation sites (tertiary alicyclic amines) is 1. The van der Waals surface area contributed by atoms with E-state index < -0.39 is 11.4 Å². The number of methoxy groups -OCH3 is 1. The van der Waals surface area contributed by atoms with Gasteiger partial charge < -0.3 is 14.5 Å². The second-order valence-corrected chi connectivity index (χ2v) is 8.16. The predicted octanol–water partition coefficient (Wildman–Crippen LogP) is 4.34. The quantitative estimate of drug-likeness (QED) is 0.358. The first kappa shape index (κ1) is 22.7.